The summed E-state index contributed by atoms with van der Waals surface area (Å²) in [4.78, 5) is 44.4. The molecule has 0 radical (unpaired) electrons. The van der Waals surface area contributed by atoms with Gasteiger partial charge in [-0.3, -0.25) is 24.2 Å². The summed E-state index contributed by atoms with van der Waals surface area (Å²) in [5.74, 6) is -0.756. The highest BCUT2D eigenvalue weighted by atomic mass is 16.2. The first-order chi connectivity index (χ1) is 16.5. The number of nitrogens with zero attached hydrogens (tertiary/aromatic N) is 3. The number of carbonyl (C=O) groups is 3. The molecule has 1 fully saturated rings. The zero-order valence-electron chi connectivity index (χ0n) is 19.2. The van der Waals surface area contributed by atoms with Gasteiger partial charge in [0, 0.05) is 38.3 Å². The number of hydrogen-bond acceptors (Lipinski definition) is 4. The molecule has 0 N–H and O–H groups in total. The summed E-state index contributed by atoms with van der Waals surface area (Å²) in [6.07, 6.45) is 0. The van der Waals surface area contributed by atoms with Gasteiger partial charge in [0.05, 0.1) is 17.7 Å². The Morgan fingerprint density at radius 2 is 1.44 bits per heavy atom. The molecule has 0 bridgehead atoms. The van der Waals surface area contributed by atoms with Crippen LogP contribution in [0.4, 0.5) is 0 Å². The number of amides is 3. The predicted molar refractivity (Wildman–Crippen MR) is 129 cm³/mol. The average molecular weight is 454 g/mol. The number of fused-ring (bicyclic) bond motifs is 1. The second-order valence-electron chi connectivity index (χ2n) is 9.00. The number of benzene rings is 3. The SMILES string of the molecule is Cc1cccc(CN2CCN(C(=O)c3ccc4c(c3)C(=O)N(Cc3ccccc3)C4=O)CC2)c1. The van der Waals surface area contributed by atoms with Crippen LogP contribution in [-0.4, -0.2) is 58.6 Å². The number of piperazine rings is 1. The van der Waals surface area contributed by atoms with E-state index in [0.29, 0.717) is 29.8 Å². The quantitative estimate of drug-likeness (QED) is 0.552. The summed E-state index contributed by atoms with van der Waals surface area (Å²) in [7, 11) is 0. The second-order valence-corrected chi connectivity index (χ2v) is 9.00. The maximum absolute atomic E-state index is 13.2. The van der Waals surface area contributed by atoms with E-state index in [0.717, 1.165) is 25.2 Å². The summed E-state index contributed by atoms with van der Waals surface area (Å²) in [5, 5.41) is 0. The number of carbonyl (C=O) groups excluding carboxylic acids is 3. The summed E-state index contributed by atoms with van der Waals surface area (Å²) < 4.78 is 0. The van der Waals surface area contributed by atoms with Crippen molar-refractivity contribution in [2.45, 2.75) is 20.0 Å². The molecule has 0 saturated carbocycles. The Bertz CT molecular complexity index is 1250. The molecular weight excluding hydrogens is 426 g/mol. The molecule has 6 heteroatoms. The Kier molecular flexibility index (Phi) is 5.99. The van der Waals surface area contributed by atoms with E-state index >= 15 is 0 Å². The molecule has 2 heterocycles. The molecule has 2 aliphatic rings. The van der Waals surface area contributed by atoms with Crippen molar-refractivity contribution >= 4 is 17.7 Å². The lowest BCUT2D eigenvalue weighted by atomic mass is 10.0. The maximum Gasteiger partial charge on any atom is 0.261 e. The highest BCUT2D eigenvalue weighted by Crippen LogP contribution is 2.26. The Balaban J connectivity index is 1.24. The third-order valence-corrected chi connectivity index (χ3v) is 6.55. The van der Waals surface area contributed by atoms with E-state index in [4.69, 9.17) is 0 Å². The van der Waals surface area contributed by atoms with E-state index in [1.807, 2.05) is 35.2 Å². The maximum atomic E-state index is 13.2. The van der Waals surface area contributed by atoms with Gasteiger partial charge in [0.25, 0.3) is 17.7 Å². The minimum Gasteiger partial charge on any atom is -0.336 e. The van der Waals surface area contributed by atoms with E-state index in [-0.39, 0.29) is 24.3 Å². The van der Waals surface area contributed by atoms with Crippen molar-refractivity contribution in [1.29, 1.82) is 0 Å². The molecule has 172 valence electrons. The molecule has 0 spiro atoms. The molecule has 2 aliphatic heterocycles. The monoisotopic (exact) mass is 453 g/mol. The largest absolute Gasteiger partial charge is 0.336 e. The first-order valence-corrected chi connectivity index (χ1v) is 11.6. The van der Waals surface area contributed by atoms with Crippen molar-refractivity contribution in [3.05, 3.63) is 106 Å². The van der Waals surface area contributed by atoms with E-state index in [1.165, 1.54) is 16.0 Å². The smallest absolute Gasteiger partial charge is 0.261 e. The van der Waals surface area contributed by atoms with Crippen LogP contribution in [0.5, 0.6) is 0 Å². The molecule has 3 aromatic carbocycles. The van der Waals surface area contributed by atoms with E-state index < -0.39 is 0 Å². The van der Waals surface area contributed by atoms with Gasteiger partial charge in [-0.2, -0.15) is 0 Å². The molecule has 3 aromatic rings. The Hall–Kier alpha value is -3.77. The molecule has 1 saturated heterocycles. The highest BCUT2D eigenvalue weighted by molar-refractivity contribution is 6.22. The topological polar surface area (TPSA) is 60.9 Å². The van der Waals surface area contributed by atoms with Crippen molar-refractivity contribution < 1.29 is 14.4 Å². The minimum atomic E-state index is -0.346. The van der Waals surface area contributed by atoms with Crippen LogP contribution in [0.1, 0.15) is 47.8 Å². The van der Waals surface area contributed by atoms with Crippen LogP contribution in [0, 0.1) is 6.92 Å². The fraction of sp³-hybridized carbons (Fsp3) is 0.250. The van der Waals surface area contributed by atoms with Gasteiger partial charge in [0.15, 0.2) is 0 Å². The summed E-state index contributed by atoms with van der Waals surface area (Å²) in [5.41, 5.74) is 4.54. The first kappa shape index (κ1) is 22.0. The van der Waals surface area contributed by atoms with Gasteiger partial charge >= 0.3 is 0 Å². The third-order valence-electron chi connectivity index (χ3n) is 6.55. The van der Waals surface area contributed by atoms with Crippen molar-refractivity contribution in [2.24, 2.45) is 0 Å². The lowest BCUT2D eigenvalue weighted by molar-refractivity contribution is 0.0625. The summed E-state index contributed by atoms with van der Waals surface area (Å²) in [6, 6.07) is 22.8. The molecule has 5 rings (SSSR count). The molecule has 6 nitrogen and oxygen atoms in total. The van der Waals surface area contributed by atoms with Gasteiger partial charge in [0.1, 0.15) is 0 Å². The number of rotatable bonds is 5. The van der Waals surface area contributed by atoms with Crippen LogP contribution in [0.15, 0.2) is 72.8 Å². The van der Waals surface area contributed by atoms with Crippen molar-refractivity contribution in [2.75, 3.05) is 26.2 Å². The van der Waals surface area contributed by atoms with Gasteiger partial charge in [-0.25, -0.2) is 0 Å². The van der Waals surface area contributed by atoms with E-state index in [2.05, 4.69) is 36.1 Å². The highest BCUT2D eigenvalue weighted by Gasteiger charge is 2.36. The fourth-order valence-electron chi connectivity index (χ4n) is 4.69. The van der Waals surface area contributed by atoms with Gasteiger partial charge in [0.2, 0.25) is 0 Å². The third kappa shape index (κ3) is 4.37. The standard InChI is InChI=1S/C28H27N3O3/c1-20-6-5-9-22(16-20)18-29-12-14-30(15-13-29)26(32)23-10-11-24-25(17-23)28(34)31(27(24)33)19-21-7-3-2-4-8-21/h2-11,16-17H,12-15,18-19H2,1H3. The number of aryl methyl sites for hydroxylation is 1. The van der Waals surface area contributed by atoms with Crippen LogP contribution in [0.25, 0.3) is 0 Å². The number of hydrogen-bond donors (Lipinski definition) is 0. The van der Waals surface area contributed by atoms with E-state index in [9.17, 15) is 14.4 Å². The fourth-order valence-corrected chi connectivity index (χ4v) is 4.69. The summed E-state index contributed by atoms with van der Waals surface area (Å²) >= 11 is 0. The van der Waals surface area contributed by atoms with Crippen LogP contribution >= 0.6 is 0 Å². The van der Waals surface area contributed by atoms with Crippen molar-refractivity contribution in [3.8, 4) is 0 Å². The Morgan fingerprint density at radius 1 is 0.735 bits per heavy atom. The molecule has 34 heavy (non-hydrogen) atoms. The van der Waals surface area contributed by atoms with Crippen LogP contribution < -0.4 is 0 Å². The normalized spacial score (nSPS) is 16.1. The van der Waals surface area contributed by atoms with Gasteiger partial charge in [-0.1, -0.05) is 60.2 Å². The molecule has 0 aliphatic carbocycles. The Labute approximate surface area is 199 Å². The van der Waals surface area contributed by atoms with Gasteiger partial charge in [-0.05, 0) is 36.2 Å². The predicted octanol–water partition coefficient (Wildman–Crippen LogP) is 3.75. The average Bonchev–Trinajstić information content (AvgIpc) is 3.09. The van der Waals surface area contributed by atoms with Crippen LogP contribution in [0.3, 0.4) is 0 Å². The lowest BCUT2D eigenvalue weighted by Gasteiger charge is -2.35. The molecule has 0 unspecified atom stereocenters. The zero-order chi connectivity index (χ0) is 23.7. The zero-order valence-corrected chi connectivity index (χ0v) is 19.2. The van der Waals surface area contributed by atoms with Crippen LogP contribution in [0.2, 0.25) is 0 Å². The van der Waals surface area contributed by atoms with Crippen molar-refractivity contribution in [1.82, 2.24) is 14.7 Å². The minimum absolute atomic E-state index is 0.0974. The molecular formula is C28H27N3O3. The first-order valence-electron chi connectivity index (χ1n) is 11.6. The van der Waals surface area contributed by atoms with Gasteiger partial charge in [-0.15, -0.1) is 0 Å². The summed E-state index contributed by atoms with van der Waals surface area (Å²) in [6.45, 7) is 6.05. The van der Waals surface area contributed by atoms with E-state index in [1.54, 1.807) is 18.2 Å². The van der Waals surface area contributed by atoms with Crippen LogP contribution in [-0.2, 0) is 13.1 Å². The Morgan fingerprint density at radius 3 is 2.18 bits per heavy atom. The van der Waals surface area contributed by atoms with Crippen molar-refractivity contribution in [3.63, 3.8) is 0 Å². The lowest BCUT2D eigenvalue weighted by Crippen LogP contribution is -2.48. The molecule has 0 aromatic heterocycles. The molecule has 3 amide bonds. The molecule has 0 atom stereocenters. The van der Waals surface area contributed by atoms with Gasteiger partial charge < -0.3 is 4.90 Å². The number of imide groups is 1. The second kappa shape index (κ2) is 9.23.